The van der Waals surface area contributed by atoms with E-state index in [-0.39, 0.29) is 47.2 Å². The molecule has 0 aromatic heterocycles. The largest absolute Gasteiger partial charge is 0.495 e. The predicted octanol–water partition coefficient (Wildman–Crippen LogP) is 0.596. The summed E-state index contributed by atoms with van der Waals surface area (Å²) in [5, 5.41) is 5.01. The minimum absolute atomic E-state index is 0. The van der Waals surface area contributed by atoms with E-state index in [4.69, 9.17) is 10.5 Å². The number of methoxy groups -OCH3 is 1. The molecule has 1 aromatic rings. The molecule has 5 N–H and O–H groups in total. The highest BCUT2D eigenvalue weighted by Crippen LogP contribution is 2.29. The molecule has 2 rings (SSSR count). The van der Waals surface area contributed by atoms with Gasteiger partial charge in [0.25, 0.3) is 0 Å². The van der Waals surface area contributed by atoms with E-state index >= 15 is 0 Å². The predicted molar refractivity (Wildman–Crippen MR) is 108 cm³/mol. The van der Waals surface area contributed by atoms with E-state index in [1.54, 1.807) is 13.8 Å². The van der Waals surface area contributed by atoms with Gasteiger partial charge in [-0.05, 0) is 37.0 Å². The first-order valence-electron chi connectivity index (χ1n) is 8.67. The molecule has 1 fully saturated rings. The molecule has 0 aliphatic heterocycles. The van der Waals surface area contributed by atoms with Gasteiger partial charge in [0.05, 0.1) is 19.7 Å². The van der Waals surface area contributed by atoms with Crippen molar-refractivity contribution in [3.8, 4) is 5.75 Å². The number of amides is 2. The first-order chi connectivity index (χ1) is 12.6. The highest BCUT2D eigenvalue weighted by atomic mass is 35.5. The van der Waals surface area contributed by atoms with E-state index in [1.165, 1.54) is 25.3 Å². The number of sulfonamides is 1. The molecule has 0 bridgehead atoms. The lowest BCUT2D eigenvalue weighted by Gasteiger charge is -2.15. The van der Waals surface area contributed by atoms with Crippen molar-refractivity contribution in [2.24, 2.45) is 11.7 Å². The fourth-order valence-corrected chi connectivity index (χ4v) is 3.74. The van der Waals surface area contributed by atoms with Gasteiger partial charge in [-0.2, -0.15) is 0 Å². The summed E-state index contributed by atoms with van der Waals surface area (Å²) < 4.78 is 32.7. The van der Waals surface area contributed by atoms with Crippen LogP contribution in [0.5, 0.6) is 5.75 Å². The van der Waals surface area contributed by atoms with Crippen molar-refractivity contribution in [2.75, 3.05) is 19.0 Å². The number of benzene rings is 1. The van der Waals surface area contributed by atoms with E-state index in [2.05, 4.69) is 15.4 Å². The summed E-state index contributed by atoms with van der Waals surface area (Å²) in [5.74, 6) is -0.798. The lowest BCUT2D eigenvalue weighted by molar-refractivity contribution is -0.125. The molecular formula is C17H27ClN4O5S. The molecule has 0 radical (unpaired) electrons. The van der Waals surface area contributed by atoms with Crippen molar-refractivity contribution in [1.29, 1.82) is 0 Å². The monoisotopic (exact) mass is 434 g/mol. The zero-order valence-electron chi connectivity index (χ0n) is 16.0. The summed E-state index contributed by atoms with van der Waals surface area (Å²) in [4.78, 5) is 23.8. The van der Waals surface area contributed by atoms with Crippen molar-refractivity contribution in [3.05, 3.63) is 18.2 Å². The molecule has 0 unspecified atom stereocenters. The third-order valence-electron chi connectivity index (χ3n) is 4.08. The van der Waals surface area contributed by atoms with Crippen molar-refractivity contribution in [3.63, 3.8) is 0 Å². The number of carbonyl (C=O) groups is 2. The molecule has 9 nitrogen and oxygen atoms in total. The number of carbonyl (C=O) groups excluding carboxylic acids is 2. The second kappa shape index (κ2) is 10.1. The molecule has 0 spiro atoms. The fraction of sp³-hybridized carbons (Fsp3) is 0.529. The van der Waals surface area contributed by atoms with Gasteiger partial charge in [-0.25, -0.2) is 13.1 Å². The minimum Gasteiger partial charge on any atom is -0.495 e. The zero-order chi connectivity index (χ0) is 20.2. The lowest BCUT2D eigenvalue weighted by Crippen LogP contribution is -2.46. The number of nitrogens with two attached hydrogens (primary N) is 1. The van der Waals surface area contributed by atoms with Crippen LogP contribution in [0.15, 0.2) is 23.1 Å². The lowest BCUT2D eigenvalue weighted by atomic mass is 10.1. The molecule has 1 aliphatic carbocycles. The maximum Gasteiger partial charge on any atom is 0.244 e. The SMILES string of the molecule is COc1ccc(NC(=O)CNC(=O)[C@@H](N)C(C)C)cc1S(=O)(=O)NC1CC1.Cl. The molecule has 28 heavy (non-hydrogen) atoms. The van der Waals surface area contributed by atoms with Crippen LogP contribution in [-0.4, -0.2) is 46.0 Å². The quantitative estimate of drug-likeness (QED) is 0.448. The van der Waals surface area contributed by atoms with Crippen LogP contribution in [0.3, 0.4) is 0 Å². The van der Waals surface area contributed by atoms with Crippen molar-refractivity contribution in [1.82, 2.24) is 10.0 Å². The Morgan fingerprint density at radius 2 is 1.93 bits per heavy atom. The van der Waals surface area contributed by atoms with Crippen LogP contribution in [0.2, 0.25) is 0 Å². The van der Waals surface area contributed by atoms with Crippen LogP contribution >= 0.6 is 12.4 Å². The Morgan fingerprint density at radius 1 is 1.29 bits per heavy atom. The summed E-state index contributed by atoms with van der Waals surface area (Å²) in [6.07, 6.45) is 1.60. The third-order valence-corrected chi connectivity index (χ3v) is 5.62. The Hall–Kier alpha value is -1.88. The average molecular weight is 435 g/mol. The van der Waals surface area contributed by atoms with Gasteiger partial charge < -0.3 is 21.1 Å². The second-order valence-corrected chi connectivity index (χ2v) is 8.48. The molecule has 0 saturated heterocycles. The molecule has 1 aromatic carbocycles. The van der Waals surface area contributed by atoms with Gasteiger partial charge in [-0.3, -0.25) is 9.59 Å². The Bertz CT molecular complexity index is 812. The van der Waals surface area contributed by atoms with Crippen LogP contribution in [0, 0.1) is 5.92 Å². The highest BCUT2D eigenvalue weighted by Gasteiger charge is 2.30. The van der Waals surface area contributed by atoms with Crippen LogP contribution in [-0.2, 0) is 19.6 Å². The second-order valence-electron chi connectivity index (χ2n) is 6.80. The van der Waals surface area contributed by atoms with Gasteiger partial charge in [0.1, 0.15) is 10.6 Å². The number of nitrogens with one attached hydrogen (secondary N) is 3. The van der Waals surface area contributed by atoms with E-state index in [9.17, 15) is 18.0 Å². The zero-order valence-corrected chi connectivity index (χ0v) is 17.7. The van der Waals surface area contributed by atoms with Crippen molar-refractivity contribution < 1.29 is 22.7 Å². The smallest absolute Gasteiger partial charge is 0.244 e. The molecule has 2 amide bonds. The van der Waals surface area contributed by atoms with E-state index < -0.39 is 27.9 Å². The molecule has 1 atom stereocenters. The van der Waals surface area contributed by atoms with Crippen LogP contribution < -0.4 is 25.8 Å². The third kappa shape index (κ3) is 6.62. The number of ether oxygens (including phenoxy) is 1. The molecule has 11 heteroatoms. The van der Waals surface area contributed by atoms with Crippen molar-refractivity contribution in [2.45, 2.75) is 43.7 Å². The summed E-state index contributed by atoms with van der Waals surface area (Å²) in [6.45, 7) is 3.34. The molecule has 0 heterocycles. The Kier molecular flexibility index (Phi) is 8.68. The first kappa shape index (κ1) is 24.2. The van der Waals surface area contributed by atoms with Gasteiger partial charge in [0.15, 0.2) is 0 Å². The summed E-state index contributed by atoms with van der Waals surface area (Å²) >= 11 is 0. The summed E-state index contributed by atoms with van der Waals surface area (Å²) in [7, 11) is -2.38. The summed E-state index contributed by atoms with van der Waals surface area (Å²) in [5.41, 5.74) is 5.99. The number of halogens is 1. The Balaban J connectivity index is 0.00000392. The van der Waals surface area contributed by atoms with E-state index in [0.29, 0.717) is 0 Å². The number of hydrogen-bond donors (Lipinski definition) is 4. The molecule has 158 valence electrons. The van der Waals surface area contributed by atoms with Crippen LogP contribution in [0.1, 0.15) is 26.7 Å². The topological polar surface area (TPSA) is 140 Å². The minimum atomic E-state index is -3.76. The number of hydrogen-bond acceptors (Lipinski definition) is 6. The Labute approximate surface area is 171 Å². The van der Waals surface area contributed by atoms with Gasteiger partial charge in [0.2, 0.25) is 21.8 Å². The fourth-order valence-electron chi connectivity index (χ4n) is 2.24. The van der Waals surface area contributed by atoms with Crippen LogP contribution in [0.4, 0.5) is 5.69 Å². The molecular weight excluding hydrogens is 408 g/mol. The standard InChI is InChI=1S/C17H26N4O5S.ClH/c1-10(2)16(18)17(23)19-9-15(22)20-12-6-7-13(26-3)14(8-12)27(24,25)21-11-4-5-11;/h6-8,10-11,16,21H,4-5,9,18H2,1-3H3,(H,19,23)(H,20,22);1H/t16-;/m0./s1. The normalized spacial score (nSPS) is 14.8. The summed E-state index contributed by atoms with van der Waals surface area (Å²) in [6, 6.07) is 3.55. The number of anilines is 1. The first-order valence-corrected chi connectivity index (χ1v) is 10.2. The van der Waals surface area contributed by atoms with Crippen molar-refractivity contribution >= 4 is 39.9 Å². The maximum absolute atomic E-state index is 12.5. The molecule has 1 saturated carbocycles. The van der Waals surface area contributed by atoms with Gasteiger partial charge >= 0.3 is 0 Å². The Morgan fingerprint density at radius 3 is 2.46 bits per heavy atom. The van der Waals surface area contributed by atoms with E-state index in [0.717, 1.165) is 12.8 Å². The maximum atomic E-state index is 12.5. The number of rotatable bonds is 9. The molecule has 1 aliphatic rings. The van der Waals surface area contributed by atoms with Gasteiger partial charge in [-0.1, -0.05) is 13.8 Å². The van der Waals surface area contributed by atoms with Gasteiger partial charge in [0, 0.05) is 11.7 Å². The van der Waals surface area contributed by atoms with Gasteiger partial charge in [-0.15, -0.1) is 12.4 Å². The average Bonchev–Trinajstić information content (AvgIpc) is 3.42. The highest BCUT2D eigenvalue weighted by molar-refractivity contribution is 7.89. The van der Waals surface area contributed by atoms with Crippen LogP contribution in [0.25, 0.3) is 0 Å². The van der Waals surface area contributed by atoms with E-state index in [1.807, 2.05) is 0 Å².